The highest BCUT2D eigenvalue weighted by atomic mass is 16.6. The highest BCUT2D eigenvalue weighted by Crippen LogP contribution is 2.20. The maximum absolute atomic E-state index is 12.0. The number of carbonyl (C=O) groups excluding carboxylic acids is 1. The predicted molar refractivity (Wildman–Crippen MR) is 68.1 cm³/mol. The molecule has 0 radical (unpaired) electrons. The van der Waals surface area contributed by atoms with Crippen molar-refractivity contribution in [2.24, 2.45) is 0 Å². The number of nitrogens with zero attached hydrogens (tertiary/aromatic N) is 1. The van der Waals surface area contributed by atoms with Gasteiger partial charge in [-0.05, 0) is 18.4 Å². The van der Waals surface area contributed by atoms with E-state index in [0.29, 0.717) is 18.7 Å². The molecule has 2 aliphatic rings. The summed E-state index contributed by atoms with van der Waals surface area (Å²) in [6.45, 7) is 1.92. The van der Waals surface area contributed by atoms with Gasteiger partial charge in [0.2, 0.25) is 0 Å². The Morgan fingerprint density at radius 3 is 2.56 bits per heavy atom. The topological polar surface area (TPSA) is 41.6 Å². The Morgan fingerprint density at radius 2 is 1.89 bits per heavy atom. The number of carbonyl (C=O) groups is 1. The minimum Gasteiger partial charge on any atom is -0.445 e. The van der Waals surface area contributed by atoms with Crippen molar-refractivity contribution in [2.75, 3.05) is 13.1 Å². The van der Waals surface area contributed by atoms with Gasteiger partial charge in [-0.2, -0.15) is 0 Å². The maximum atomic E-state index is 12.0. The number of hydrogen-bond acceptors (Lipinski definition) is 3. The molecule has 0 aromatic heterocycles. The molecule has 4 heteroatoms. The summed E-state index contributed by atoms with van der Waals surface area (Å²) < 4.78 is 5.35. The van der Waals surface area contributed by atoms with Gasteiger partial charge in [0, 0.05) is 25.2 Å². The van der Waals surface area contributed by atoms with Gasteiger partial charge in [0.1, 0.15) is 6.61 Å². The molecule has 2 heterocycles. The average molecular weight is 246 g/mol. The molecule has 4 nitrogen and oxygen atoms in total. The van der Waals surface area contributed by atoms with Gasteiger partial charge >= 0.3 is 6.09 Å². The van der Waals surface area contributed by atoms with Crippen molar-refractivity contribution in [3.8, 4) is 0 Å². The van der Waals surface area contributed by atoms with E-state index in [9.17, 15) is 4.79 Å². The van der Waals surface area contributed by atoms with Crippen LogP contribution in [-0.4, -0.2) is 36.2 Å². The number of nitrogens with one attached hydrogen (secondary N) is 1. The van der Waals surface area contributed by atoms with Crippen LogP contribution in [0.15, 0.2) is 30.3 Å². The molecule has 96 valence electrons. The van der Waals surface area contributed by atoms with Gasteiger partial charge in [-0.1, -0.05) is 30.3 Å². The van der Waals surface area contributed by atoms with Crippen molar-refractivity contribution in [1.82, 2.24) is 10.2 Å². The third-order valence-corrected chi connectivity index (χ3v) is 3.68. The van der Waals surface area contributed by atoms with Crippen LogP contribution >= 0.6 is 0 Å². The van der Waals surface area contributed by atoms with Crippen LogP contribution in [0, 0.1) is 0 Å². The highest BCUT2D eigenvalue weighted by molar-refractivity contribution is 5.68. The number of benzene rings is 1. The summed E-state index contributed by atoms with van der Waals surface area (Å²) in [4.78, 5) is 13.8. The van der Waals surface area contributed by atoms with E-state index in [4.69, 9.17) is 4.74 Å². The van der Waals surface area contributed by atoms with Crippen molar-refractivity contribution in [2.45, 2.75) is 31.5 Å². The van der Waals surface area contributed by atoms with E-state index in [0.717, 1.165) is 18.7 Å². The highest BCUT2D eigenvalue weighted by Gasteiger charge is 2.34. The molecule has 1 N–H and O–H groups in total. The van der Waals surface area contributed by atoms with E-state index < -0.39 is 0 Å². The summed E-state index contributed by atoms with van der Waals surface area (Å²) in [5.74, 6) is 0. The molecule has 1 aromatic carbocycles. The van der Waals surface area contributed by atoms with Crippen molar-refractivity contribution in [3.63, 3.8) is 0 Å². The van der Waals surface area contributed by atoms with Crippen LogP contribution in [0.1, 0.15) is 18.4 Å². The van der Waals surface area contributed by atoms with Gasteiger partial charge in [-0.15, -0.1) is 0 Å². The van der Waals surface area contributed by atoms with E-state index >= 15 is 0 Å². The number of rotatable bonds is 2. The molecule has 2 aliphatic heterocycles. The Bertz CT molecular complexity index is 409. The van der Waals surface area contributed by atoms with E-state index in [1.54, 1.807) is 0 Å². The molecule has 1 amide bonds. The second kappa shape index (κ2) is 4.98. The summed E-state index contributed by atoms with van der Waals surface area (Å²) in [6.07, 6.45) is 2.16. The predicted octanol–water partition coefficient (Wildman–Crippen LogP) is 1.76. The number of amides is 1. The van der Waals surface area contributed by atoms with Crippen LogP contribution in [0.4, 0.5) is 4.79 Å². The molecule has 2 atom stereocenters. The molecular weight excluding hydrogens is 228 g/mol. The number of likely N-dealkylation sites (tertiary alicyclic amines) is 1. The van der Waals surface area contributed by atoms with Crippen LogP contribution in [0.2, 0.25) is 0 Å². The number of hydrogen-bond donors (Lipinski definition) is 1. The first-order valence-corrected chi connectivity index (χ1v) is 6.53. The third-order valence-electron chi connectivity index (χ3n) is 3.68. The number of piperazine rings is 1. The summed E-state index contributed by atoms with van der Waals surface area (Å²) in [5, 5.41) is 3.50. The zero-order valence-electron chi connectivity index (χ0n) is 10.3. The molecule has 0 aliphatic carbocycles. The number of ether oxygens (including phenoxy) is 1. The molecule has 0 spiro atoms. The largest absolute Gasteiger partial charge is 0.445 e. The van der Waals surface area contributed by atoms with Gasteiger partial charge in [-0.25, -0.2) is 4.79 Å². The quantitative estimate of drug-likeness (QED) is 0.864. The smallest absolute Gasteiger partial charge is 0.410 e. The molecule has 18 heavy (non-hydrogen) atoms. The van der Waals surface area contributed by atoms with Crippen molar-refractivity contribution in [1.29, 1.82) is 0 Å². The standard InChI is InChI=1S/C14H18N2O2/c17-14(18-10-11-4-2-1-3-5-11)16-8-12-6-7-13(9-16)15-12/h1-5,12-13,15H,6-10H2/t12-,13+. The SMILES string of the molecule is O=C(OCc1ccccc1)N1C[C@H]2CC[C@@H](C1)N2. The van der Waals surface area contributed by atoms with E-state index in [1.165, 1.54) is 12.8 Å². The Kier molecular flexibility index (Phi) is 3.19. The molecule has 0 saturated carbocycles. The zero-order chi connectivity index (χ0) is 12.4. The summed E-state index contributed by atoms with van der Waals surface area (Å²) in [7, 11) is 0. The van der Waals surface area contributed by atoms with Crippen LogP contribution < -0.4 is 5.32 Å². The normalized spacial score (nSPS) is 26.1. The molecule has 0 unspecified atom stereocenters. The lowest BCUT2D eigenvalue weighted by Crippen LogP contribution is -2.53. The van der Waals surface area contributed by atoms with Gasteiger partial charge in [0.05, 0.1) is 0 Å². The minimum absolute atomic E-state index is 0.183. The van der Waals surface area contributed by atoms with Crippen LogP contribution in [0.25, 0.3) is 0 Å². The van der Waals surface area contributed by atoms with Crippen molar-refractivity contribution < 1.29 is 9.53 Å². The Morgan fingerprint density at radius 1 is 1.22 bits per heavy atom. The van der Waals surface area contributed by atoms with E-state index in [2.05, 4.69) is 5.32 Å². The summed E-state index contributed by atoms with van der Waals surface area (Å²) in [6, 6.07) is 10.7. The van der Waals surface area contributed by atoms with Crippen molar-refractivity contribution in [3.05, 3.63) is 35.9 Å². The first-order chi connectivity index (χ1) is 8.81. The lowest BCUT2D eigenvalue weighted by Gasteiger charge is -2.32. The van der Waals surface area contributed by atoms with Crippen molar-refractivity contribution >= 4 is 6.09 Å². The van der Waals surface area contributed by atoms with E-state index in [-0.39, 0.29) is 6.09 Å². The van der Waals surface area contributed by atoms with Gasteiger partial charge in [-0.3, -0.25) is 0 Å². The fourth-order valence-electron chi connectivity index (χ4n) is 2.76. The lowest BCUT2D eigenvalue weighted by molar-refractivity contribution is 0.0839. The molecule has 2 bridgehead atoms. The fraction of sp³-hybridized carbons (Fsp3) is 0.500. The average Bonchev–Trinajstić information content (AvgIpc) is 2.76. The second-order valence-electron chi connectivity index (χ2n) is 5.08. The molecular formula is C14H18N2O2. The lowest BCUT2D eigenvalue weighted by atomic mass is 10.2. The van der Waals surface area contributed by atoms with E-state index in [1.807, 2.05) is 35.2 Å². The van der Waals surface area contributed by atoms with Crippen LogP contribution in [-0.2, 0) is 11.3 Å². The van der Waals surface area contributed by atoms with Crippen LogP contribution in [0.5, 0.6) is 0 Å². The minimum atomic E-state index is -0.183. The monoisotopic (exact) mass is 246 g/mol. The molecule has 1 aromatic rings. The van der Waals surface area contributed by atoms with Gasteiger partial charge in [0.15, 0.2) is 0 Å². The maximum Gasteiger partial charge on any atom is 0.410 e. The molecule has 2 saturated heterocycles. The summed E-state index contributed by atoms with van der Waals surface area (Å²) >= 11 is 0. The Labute approximate surface area is 107 Å². The summed E-state index contributed by atoms with van der Waals surface area (Å²) in [5.41, 5.74) is 1.03. The Balaban J connectivity index is 1.53. The Hall–Kier alpha value is -1.55. The molecule has 3 rings (SSSR count). The number of fused-ring (bicyclic) bond motifs is 2. The fourth-order valence-corrected chi connectivity index (χ4v) is 2.76. The third kappa shape index (κ3) is 2.48. The second-order valence-corrected chi connectivity index (χ2v) is 5.08. The molecule has 2 fully saturated rings. The first-order valence-electron chi connectivity index (χ1n) is 6.53. The van der Waals surface area contributed by atoms with Crippen LogP contribution in [0.3, 0.4) is 0 Å². The van der Waals surface area contributed by atoms with Gasteiger partial charge < -0.3 is 15.0 Å². The van der Waals surface area contributed by atoms with Gasteiger partial charge in [0.25, 0.3) is 0 Å². The first kappa shape index (κ1) is 11.5. The zero-order valence-corrected chi connectivity index (χ0v) is 10.3.